The highest BCUT2D eigenvalue weighted by atomic mass is 16.5. The molecule has 1 saturated heterocycles. The van der Waals surface area contributed by atoms with Crippen LogP contribution in [0, 0.1) is 0 Å². The molecule has 2 rings (SSSR count). The van der Waals surface area contributed by atoms with Gasteiger partial charge >= 0.3 is 0 Å². The zero-order valence-electron chi connectivity index (χ0n) is 12.7. The Balaban J connectivity index is 1.90. The molecular formula is C16H23NO4. The Bertz CT molecular complexity index is 483. The lowest BCUT2D eigenvalue weighted by Gasteiger charge is -2.20. The molecule has 0 unspecified atom stereocenters. The summed E-state index contributed by atoms with van der Waals surface area (Å²) in [5.41, 5.74) is 0.580. The van der Waals surface area contributed by atoms with Gasteiger partial charge in [-0.2, -0.15) is 0 Å². The number of hydrogen-bond acceptors (Lipinski definition) is 5. The average Bonchev–Trinajstić information content (AvgIpc) is 2.97. The topological polar surface area (TPSA) is 59.0 Å². The monoisotopic (exact) mass is 293 g/mol. The molecule has 21 heavy (non-hydrogen) atoms. The van der Waals surface area contributed by atoms with Crippen molar-refractivity contribution in [2.45, 2.75) is 25.9 Å². The van der Waals surface area contributed by atoms with Gasteiger partial charge in [-0.3, -0.25) is 4.79 Å². The number of β-amino-alcohol motifs (C(OH)–C–C–N with tert-alkyl or cyclic N) is 1. The first-order chi connectivity index (χ1) is 10.1. The third kappa shape index (κ3) is 4.44. The van der Waals surface area contributed by atoms with Crippen LogP contribution >= 0.6 is 0 Å². The fourth-order valence-corrected chi connectivity index (χ4v) is 2.51. The number of carbonyl (C=O) groups is 1. The van der Waals surface area contributed by atoms with E-state index in [1.165, 1.54) is 26.9 Å². The summed E-state index contributed by atoms with van der Waals surface area (Å²) in [4.78, 5) is 13.6. The van der Waals surface area contributed by atoms with Crippen molar-refractivity contribution in [3.63, 3.8) is 0 Å². The third-order valence-corrected chi connectivity index (χ3v) is 3.67. The zero-order chi connectivity index (χ0) is 15.2. The number of benzene rings is 1. The molecule has 1 aliphatic rings. The minimum absolute atomic E-state index is 0.0195. The minimum atomic E-state index is -0.528. The molecule has 0 aromatic heterocycles. The zero-order valence-corrected chi connectivity index (χ0v) is 12.7. The predicted octanol–water partition coefficient (Wildman–Crippen LogP) is 1.73. The van der Waals surface area contributed by atoms with Crippen LogP contribution in [0.3, 0.4) is 0 Å². The van der Waals surface area contributed by atoms with E-state index in [9.17, 15) is 9.90 Å². The summed E-state index contributed by atoms with van der Waals surface area (Å²) in [6, 6.07) is 5.07. The van der Waals surface area contributed by atoms with Crippen molar-refractivity contribution in [3.05, 3.63) is 23.8 Å². The molecule has 5 heteroatoms. The Kier molecular flexibility index (Phi) is 5.59. The fraction of sp³-hybridized carbons (Fsp3) is 0.562. The first kappa shape index (κ1) is 15.8. The van der Waals surface area contributed by atoms with E-state index in [1.54, 1.807) is 18.2 Å². The van der Waals surface area contributed by atoms with Gasteiger partial charge in [-0.25, -0.2) is 0 Å². The van der Waals surface area contributed by atoms with Gasteiger partial charge in [0.25, 0.3) is 0 Å². The number of nitrogens with zero attached hydrogens (tertiary/aromatic N) is 1. The highest BCUT2D eigenvalue weighted by Gasteiger charge is 2.17. The van der Waals surface area contributed by atoms with Crippen LogP contribution in [0.4, 0.5) is 0 Å². The standard InChI is InChI=1S/C16H23NO4/c1-12(18)13-5-6-15(16(9-13)20-2)21-11-14(19)10-17-7-3-4-8-17/h5-6,9,14,19H,3-4,7-8,10-11H2,1-2H3/t14-/m1/s1. The molecule has 0 saturated carbocycles. The second kappa shape index (κ2) is 7.43. The predicted molar refractivity (Wildman–Crippen MR) is 80.2 cm³/mol. The van der Waals surface area contributed by atoms with E-state index in [4.69, 9.17) is 9.47 Å². The number of hydrogen-bond donors (Lipinski definition) is 1. The largest absolute Gasteiger partial charge is 0.493 e. The van der Waals surface area contributed by atoms with Crippen molar-refractivity contribution >= 4 is 5.78 Å². The van der Waals surface area contributed by atoms with Crippen LogP contribution < -0.4 is 9.47 Å². The van der Waals surface area contributed by atoms with Gasteiger partial charge in [0, 0.05) is 12.1 Å². The van der Waals surface area contributed by atoms with Gasteiger partial charge in [-0.1, -0.05) is 0 Å². The number of aliphatic hydroxyl groups excluding tert-OH is 1. The number of Topliss-reactive ketones (excluding diaryl/α,β-unsaturated/α-hetero) is 1. The van der Waals surface area contributed by atoms with Crippen LogP contribution in [-0.2, 0) is 0 Å². The number of ether oxygens (including phenoxy) is 2. The lowest BCUT2D eigenvalue weighted by molar-refractivity contribution is 0.0746. The molecule has 0 aliphatic carbocycles. The first-order valence-electron chi connectivity index (χ1n) is 7.32. The molecule has 0 bridgehead atoms. The Morgan fingerprint density at radius 3 is 2.67 bits per heavy atom. The minimum Gasteiger partial charge on any atom is -0.493 e. The number of rotatable bonds is 7. The summed E-state index contributed by atoms with van der Waals surface area (Å²) < 4.78 is 10.9. The van der Waals surface area contributed by atoms with E-state index >= 15 is 0 Å². The maximum Gasteiger partial charge on any atom is 0.161 e. The molecule has 0 spiro atoms. The van der Waals surface area contributed by atoms with E-state index in [0.29, 0.717) is 23.6 Å². The maximum absolute atomic E-state index is 11.3. The maximum atomic E-state index is 11.3. The number of carbonyl (C=O) groups excluding carboxylic acids is 1. The summed E-state index contributed by atoms with van der Waals surface area (Å²) in [5, 5.41) is 10.0. The molecule has 1 aliphatic heterocycles. The van der Waals surface area contributed by atoms with E-state index in [1.807, 2.05) is 0 Å². The molecule has 1 N–H and O–H groups in total. The van der Waals surface area contributed by atoms with Crippen molar-refractivity contribution in [1.82, 2.24) is 4.90 Å². The van der Waals surface area contributed by atoms with E-state index in [-0.39, 0.29) is 12.4 Å². The highest BCUT2D eigenvalue weighted by molar-refractivity contribution is 5.94. The second-order valence-corrected chi connectivity index (χ2v) is 5.39. The molecule has 116 valence electrons. The van der Waals surface area contributed by atoms with Crippen molar-refractivity contribution in [1.29, 1.82) is 0 Å². The van der Waals surface area contributed by atoms with Crippen LogP contribution in [0.25, 0.3) is 0 Å². The Morgan fingerprint density at radius 1 is 1.33 bits per heavy atom. The van der Waals surface area contributed by atoms with Crippen molar-refractivity contribution in [2.75, 3.05) is 33.4 Å². The van der Waals surface area contributed by atoms with Crippen molar-refractivity contribution in [3.8, 4) is 11.5 Å². The summed E-state index contributed by atoms with van der Waals surface area (Å²) in [7, 11) is 1.53. The van der Waals surface area contributed by atoms with E-state index in [2.05, 4.69) is 4.90 Å². The van der Waals surface area contributed by atoms with E-state index < -0.39 is 6.10 Å². The number of aliphatic hydroxyl groups is 1. The van der Waals surface area contributed by atoms with Gasteiger partial charge in [0.15, 0.2) is 17.3 Å². The Labute approximate surface area is 125 Å². The summed E-state index contributed by atoms with van der Waals surface area (Å²) in [5.74, 6) is 1.04. The lowest BCUT2D eigenvalue weighted by Crippen LogP contribution is -2.33. The molecule has 1 heterocycles. The lowest BCUT2D eigenvalue weighted by atomic mass is 10.1. The van der Waals surface area contributed by atoms with Gasteiger partial charge in [0.05, 0.1) is 7.11 Å². The van der Waals surface area contributed by atoms with Gasteiger partial charge in [-0.15, -0.1) is 0 Å². The van der Waals surface area contributed by atoms with Gasteiger partial charge in [0.1, 0.15) is 12.7 Å². The normalized spacial score (nSPS) is 16.7. The second-order valence-electron chi connectivity index (χ2n) is 5.39. The van der Waals surface area contributed by atoms with Crippen LogP contribution in [0.5, 0.6) is 11.5 Å². The Hall–Kier alpha value is -1.59. The molecule has 1 aromatic carbocycles. The van der Waals surface area contributed by atoms with Crippen LogP contribution in [0.15, 0.2) is 18.2 Å². The number of ketones is 1. The first-order valence-corrected chi connectivity index (χ1v) is 7.32. The number of methoxy groups -OCH3 is 1. The molecule has 1 aromatic rings. The summed E-state index contributed by atoms with van der Waals surface area (Å²) in [6.45, 7) is 4.45. The van der Waals surface area contributed by atoms with Gasteiger partial charge in [-0.05, 0) is 51.1 Å². The van der Waals surface area contributed by atoms with Gasteiger partial charge < -0.3 is 19.5 Å². The number of likely N-dealkylation sites (tertiary alicyclic amines) is 1. The average molecular weight is 293 g/mol. The molecular weight excluding hydrogens is 270 g/mol. The highest BCUT2D eigenvalue weighted by Crippen LogP contribution is 2.28. The van der Waals surface area contributed by atoms with Crippen molar-refractivity contribution < 1.29 is 19.4 Å². The van der Waals surface area contributed by atoms with E-state index in [0.717, 1.165) is 13.1 Å². The molecule has 0 radical (unpaired) electrons. The quantitative estimate of drug-likeness (QED) is 0.776. The van der Waals surface area contributed by atoms with Gasteiger partial charge in [0.2, 0.25) is 0 Å². The van der Waals surface area contributed by atoms with Crippen LogP contribution in [0.2, 0.25) is 0 Å². The smallest absolute Gasteiger partial charge is 0.161 e. The molecule has 5 nitrogen and oxygen atoms in total. The van der Waals surface area contributed by atoms with Crippen LogP contribution in [0.1, 0.15) is 30.1 Å². The Morgan fingerprint density at radius 2 is 2.05 bits per heavy atom. The molecule has 0 amide bonds. The third-order valence-electron chi connectivity index (χ3n) is 3.67. The summed E-state index contributed by atoms with van der Waals surface area (Å²) >= 11 is 0. The SMILES string of the molecule is COc1cc(C(C)=O)ccc1OC[C@H](O)CN1CCCC1. The van der Waals surface area contributed by atoms with Crippen LogP contribution in [-0.4, -0.2) is 55.2 Å². The summed E-state index contributed by atoms with van der Waals surface area (Å²) in [6.07, 6.45) is 1.88. The molecule has 1 fully saturated rings. The molecule has 1 atom stereocenters. The fourth-order valence-electron chi connectivity index (χ4n) is 2.51. The van der Waals surface area contributed by atoms with Crippen molar-refractivity contribution in [2.24, 2.45) is 0 Å².